The summed E-state index contributed by atoms with van der Waals surface area (Å²) in [6.45, 7) is 0. The molecule has 70 valence electrons. The summed E-state index contributed by atoms with van der Waals surface area (Å²) in [6.07, 6.45) is 4.01. The van der Waals surface area contributed by atoms with Gasteiger partial charge in [0, 0.05) is 22.6 Å². The standard InChI is InChI=1S/C4H5NS2.ClHO4/c5-4-2-1-3-6-7-4;2-1(3,4)5/h1-2,5H,3H2;(H,2,3,4,5). The zero-order chi connectivity index (χ0) is 9.61. The van der Waals surface area contributed by atoms with Crippen LogP contribution >= 0.6 is 21.6 Å². The van der Waals surface area contributed by atoms with Gasteiger partial charge in [0.25, 0.3) is 0 Å². The van der Waals surface area contributed by atoms with Gasteiger partial charge < -0.3 is 0 Å². The van der Waals surface area contributed by atoms with Crippen molar-refractivity contribution in [2.75, 3.05) is 5.75 Å². The molecule has 0 amide bonds. The number of hydrogen-bond donors (Lipinski definition) is 1. The Balaban J connectivity index is 0.000000217. The van der Waals surface area contributed by atoms with Gasteiger partial charge >= 0.3 is 0 Å². The van der Waals surface area contributed by atoms with Crippen LogP contribution in [0.1, 0.15) is 0 Å². The van der Waals surface area contributed by atoms with Crippen LogP contribution in [0.4, 0.5) is 0 Å². The minimum atomic E-state index is -4.94. The predicted octanol–water partition coefficient (Wildman–Crippen LogP) is -4.66. The first-order chi connectivity index (χ1) is 5.39. The molecule has 0 saturated carbocycles. The quantitative estimate of drug-likeness (QED) is 0.419. The smallest absolute Gasteiger partial charge is 0.241 e. The Kier molecular flexibility index (Phi) is 5.93. The van der Waals surface area contributed by atoms with Crippen molar-refractivity contribution in [3.8, 4) is 0 Å². The fourth-order valence-corrected chi connectivity index (χ4v) is 1.88. The maximum atomic E-state index is 8.49. The lowest BCUT2D eigenvalue weighted by Crippen LogP contribution is -2.68. The Hall–Kier alpha value is 0.240. The van der Waals surface area contributed by atoms with Crippen LogP contribution in [0, 0.1) is 10.2 Å². The summed E-state index contributed by atoms with van der Waals surface area (Å²) in [5.74, 6) is 1.09. The van der Waals surface area contributed by atoms with Crippen LogP contribution in [0.5, 0.6) is 0 Å². The Bertz CT molecular complexity index is 174. The lowest BCUT2D eigenvalue weighted by atomic mass is 10.6. The van der Waals surface area contributed by atoms with Crippen molar-refractivity contribution in [2.45, 2.75) is 0 Å². The number of hydrogen-bond acceptors (Lipinski definition) is 6. The molecule has 0 bridgehead atoms. The van der Waals surface area contributed by atoms with Crippen LogP contribution in [-0.2, 0) is 0 Å². The van der Waals surface area contributed by atoms with Crippen LogP contribution in [0.2, 0.25) is 0 Å². The van der Waals surface area contributed by atoms with Crippen molar-refractivity contribution in [1.82, 2.24) is 0 Å². The van der Waals surface area contributed by atoms with E-state index in [9.17, 15) is 0 Å². The van der Waals surface area contributed by atoms with Gasteiger partial charge in [-0.1, -0.05) is 16.9 Å². The van der Waals surface area contributed by atoms with Gasteiger partial charge in [-0.05, 0) is 0 Å². The molecule has 0 atom stereocenters. The fourth-order valence-electron chi connectivity index (χ4n) is 0.333. The van der Waals surface area contributed by atoms with Gasteiger partial charge in [0.2, 0.25) is 5.04 Å². The van der Waals surface area contributed by atoms with Crippen molar-refractivity contribution in [3.63, 3.8) is 0 Å². The van der Waals surface area contributed by atoms with Crippen molar-refractivity contribution in [1.29, 1.82) is 0 Å². The molecule has 0 aliphatic carbocycles. The van der Waals surface area contributed by atoms with Gasteiger partial charge in [0.15, 0.2) is 0 Å². The molecule has 1 aliphatic heterocycles. The Morgan fingerprint density at radius 1 is 1.33 bits per heavy atom. The van der Waals surface area contributed by atoms with E-state index < -0.39 is 10.2 Å². The third kappa shape index (κ3) is 12.9. The highest BCUT2D eigenvalue weighted by atomic mass is 35.7. The molecule has 1 rings (SSSR count). The van der Waals surface area contributed by atoms with E-state index in [1.54, 1.807) is 21.6 Å². The van der Waals surface area contributed by atoms with Crippen LogP contribution in [0.15, 0.2) is 12.2 Å². The van der Waals surface area contributed by atoms with Crippen LogP contribution in [-0.4, -0.2) is 10.8 Å². The minimum Gasteiger partial charge on any atom is -0.248 e. The largest absolute Gasteiger partial charge is 0.248 e. The van der Waals surface area contributed by atoms with Crippen LogP contribution in [0.25, 0.3) is 0 Å². The monoisotopic (exact) mass is 231 g/mol. The molecule has 12 heavy (non-hydrogen) atoms. The lowest BCUT2D eigenvalue weighted by Gasteiger charge is -2.17. The number of nitrogens with two attached hydrogens (primary N) is 1. The molecule has 0 radical (unpaired) electrons. The SMILES string of the molecule is [NH2+]=C1C=CCSS1.[O-][Cl+3]([O-])([O-])[O-]. The minimum absolute atomic E-state index is 0.913. The van der Waals surface area contributed by atoms with Gasteiger partial charge in [0.05, 0.1) is 0 Å². The Labute approximate surface area is 79.1 Å². The van der Waals surface area contributed by atoms with Gasteiger partial charge in [0.1, 0.15) is 0 Å². The van der Waals surface area contributed by atoms with Gasteiger partial charge in [-0.15, -0.1) is 10.2 Å². The summed E-state index contributed by atoms with van der Waals surface area (Å²) in [5.41, 5.74) is 0. The molecule has 0 aromatic rings. The Morgan fingerprint density at radius 3 is 2.00 bits per heavy atom. The van der Waals surface area contributed by atoms with Gasteiger partial charge in [-0.3, -0.25) is 0 Å². The average Bonchev–Trinajstić information content (AvgIpc) is 1.85. The molecule has 1 heterocycles. The molecule has 0 unspecified atom stereocenters. The highest BCUT2D eigenvalue weighted by Gasteiger charge is 2.01. The highest BCUT2D eigenvalue weighted by Crippen LogP contribution is 2.24. The first kappa shape index (κ1) is 12.2. The van der Waals surface area contributed by atoms with Crippen molar-refractivity contribution in [2.24, 2.45) is 0 Å². The summed E-state index contributed by atoms with van der Waals surface area (Å²) in [6, 6.07) is 0. The molecule has 5 nitrogen and oxygen atoms in total. The maximum Gasteiger partial charge on any atom is 0.241 e. The van der Waals surface area contributed by atoms with E-state index >= 15 is 0 Å². The molecule has 2 N–H and O–H groups in total. The normalized spacial score (nSPS) is 16.8. The molecule has 1 aliphatic rings. The second kappa shape index (κ2) is 5.81. The summed E-state index contributed by atoms with van der Waals surface area (Å²) in [7, 11) is -1.53. The van der Waals surface area contributed by atoms with Gasteiger partial charge in [-0.25, -0.2) is 24.0 Å². The van der Waals surface area contributed by atoms with E-state index in [4.69, 9.17) is 24.0 Å². The number of rotatable bonds is 0. The third-order valence-corrected chi connectivity index (χ3v) is 2.72. The molecule has 8 heteroatoms. The summed E-state index contributed by atoms with van der Waals surface area (Å²) >= 11 is 0. The Morgan fingerprint density at radius 2 is 1.83 bits per heavy atom. The average molecular weight is 232 g/mol. The molecule has 0 fully saturated rings. The topological polar surface area (TPSA) is 118 Å². The van der Waals surface area contributed by atoms with E-state index in [1.807, 2.05) is 6.08 Å². The first-order valence-corrected chi connectivity index (χ1v) is 6.15. The van der Waals surface area contributed by atoms with E-state index in [0.29, 0.717) is 0 Å². The van der Waals surface area contributed by atoms with Crippen molar-refractivity contribution in [3.05, 3.63) is 12.2 Å². The van der Waals surface area contributed by atoms with E-state index in [1.165, 1.54) is 0 Å². The van der Waals surface area contributed by atoms with E-state index in [2.05, 4.69) is 6.08 Å². The van der Waals surface area contributed by atoms with Crippen LogP contribution < -0.4 is 24.0 Å². The van der Waals surface area contributed by atoms with Gasteiger partial charge in [-0.2, -0.15) is 0 Å². The fraction of sp³-hybridized carbons (Fsp3) is 0.250. The maximum absolute atomic E-state index is 8.49. The lowest BCUT2D eigenvalue weighted by molar-refractivity contribution is -2.00. The highest BCUT2D eigenvalue weighted by molar-refractivity contribution is 8.82. The molecule has 0 saturated heterocycles. The summed E-state index contributed by atoms with van der Waals surface area (Å²) < 4.78 is 34.0. The molecular weight excluding hydrogens is 226 g/mol. The first-order valence-electron chi connectivity index (χ1n) is 2.60. The van der Waals surface area contributed by atoms with Crippen molar-refractivity contribution >= 4 is 26.6 Å². The second-order valence-electron chi connectivity index (χ2n) is 1.55. The van der Waals surface area contributed by atoms with Crippen LogP contribution in [0.3, 0.4) is 0 Å². The van der Waals surface area contributed by atoms with E-state index in [-0.39, 0.29) is 0 Å². The molecular formula is C4H6ClNO4S2. The van der Waals surface area contributed by atoms with E-state index in [0.717, 1.165) is 10.8 Å². The molecule has 0 aromatic carbocycles. The van der Waals surface area contributed by atoms with Crippen molar-refractivity contribution < 1.29 is 34.3 Å². The number of halogens is 1. The third-order valence-electron chi connectivity index (χ3n) is 0.602. The molecule has 0 aromatic heterocycles. The zero-order valence-corrected chi connectivity index (χ0v) is 8.16. The second-order valence-corrected chi connectivity index (χ2v) is 4.72. The summed E-state index contributed by atoms with van der Waals surface area (Å²) in [5, 5.41) is 6.32. The summed E-state index contributed by atoms with van der Waals surface area (Å²) in [4.78, 5) is 0. The molecule has 0 spiro atoms. The predicted molar refractivity (Wildman–Crippen MR) is 36.1 cm³/mol. The zero-order valence-electron chi connectivity index (χ0n) is 5.77.